The number of halogens is 2. The molecule has 2 aromatic rings. The highest BCUT2D eigenvalue weighted by atomic mass is 19.2. The summed E-state index contributed by atoms with van der Waals surface area (Å²) in [4.78, 5) is 4.36. The van der Waals surface area contributed by atoms with Crippen molar-refractivity contribution in [3.63, 3.8) is 0 Å². The average Bonchev–Trinajstić information content (AvgIpc) is 3.07. The third kappa shape index (κ3) is 6.25. The van der Waals surface area contributed by atoms with Crippen molar-refractivity contribution in [1.29, 1.82) is 0 Å². The molecule has 3 N–H and O–H groups in total. The Morgan fingerprint density at radius 3 is 2.63 bits per heavy atom. The van der Waals surface area contributed by atoms with E-state index in [2.05, 4.69) is 15.6 Å². The monoisotopic (exact) mass is 381 g/mol. The van der Waals surface area contributed by atoms with Gasteiger partial charge >= 0.3 is 0 Å². The Balaban J connectivity index is 1.86. The van der Waals surface area contributed by atoms with Gasteiger partial charge in [-0.15, -0.1) is 0 Å². The van der Waals surface area contributed by atoms with Crippen molar-refractivity contribution in [3.8, 4) is 5.75 Å². The first-order chi connectivity index (χ1) is 12.8. The van der Waals surface area contributed by atoms with Crippen LogP contribution in [0.3, 0.4) is 0 Å². The maximum absolute atomic E-state index is 13.1. The second kappa shape index (κ2) is 9.36. The second-order valence-electron chi connectivity index (χ2n) is 6.23. The summed E-state index contributed by atoms with van der Waals surface area (Å²) in [6.45, 7) is 6.70. The molecule has 1 aromatic carbocycles. The molecule has 0 aliphatic carbocycles. The van der Waals surface area contributed by atoms with Gasteiger partial charge < -0.3 is 24.9 Å². The number of nitrogens with one attached hydrogen (secondary N) is 2. The lowest BCUT2D eigenvalue weighted by Crippen LogP contribution is -2.40. The molecule has 8 heteroatoms. The number of furan rings is 1. The molecule has 0 aliphatic rings. The topological polar surface area (TPSA) is 79.0 Å². The summed E-state index contributed by atoms with van der Waals surface area (Å²) in [7, 11) is 0. The Kier molecular flexibility index (Phi) is 7.18. The van der Waals surface area contributed by atoms with Crippen LogP contribution >= 0.6 is 0 Å². The molecule has 0 bridgehead atoms. The first-order valence-corrected chi connectivity index (χ1v) is 8.71. The van der Waals surface area contributed by atoms with Gasteiger partial charge in [0, 0.05) is 12.6 Å². The first-order valence-electron chi connectivity index (χ1n) is 8.71. The summed E-state index contributed by atoms with van der Waals surface area (Å²) >= 11 is 0. The Morgan fingerprint density at radius 1 is 1.22 bits per heavy atom. The number of nitrogens with zero attached hydrogens (tertiary/aromatic N) is 1. The van der Waals surface area contributed by atoms with Crippen LogP contribution in [0, 0.1) is 18.6 Å². The zero-order valence-corrected chi connectivity index (χ0v) is 15.7. The van der Waals surface area contributed by atoms with E-state index in [1.807, 2.05) is 13.8 Å². The van der Waals surface area contributed by atoms with Crippen LogP contribution in [0.5, 0.6) is 5.75 Å². The Bertz CT molecular complexity index is 775. The molecule has 2 rings (SSSR count). The number of guanidine groups is 1. The summed E-state index contributed by atoms with van der Waals surface area (Å²) in [5.41, 5.74) is -1.24. The number of hydrogen-bond acceptors (Lipinski definition) is 4. The van der Waals surface area contributed by atoms with Crippen molar-refractivity contribution < 1.29 is 23.0 Å². The van der Waals surface area contributed by atoms with Crippen LogP contribution in [0.4, 0.5) is 8.78 Å². The van der Waals surface area contributed by atoms with Gasteiger partial charge in [0.25, 0.3) is 0 Å². The lowest BCUT2D eigenvalue weighted by molar-refractivity contribution is 0.0428. The predicted octanol–water partition coefficient (Wildman–Crippen LogP) is 2.71. The SMILES string of the molecule is CCNC(=NCC(C)(O)c1ccc(C)o1)NCCOc1ccc(F)c(F)c1. The van der Waals surface area contributed by atoms with E-state index in [1.54, 1.807) is 19.1 Å². The van der Waals surface area contributed by atoms with E-state index in [0.29, 0.717) is 30.6 Å². The fourth-order valence-electron chi connectivity index (χ4n) is 2.28. The first kappa shape index (κ1) is 20.7. The van der Waals surface area contributed by atoms with Crippen molar-refractivity contribution in [3.05, 3.63) is 53.5 Å². The molecule has 0 spiro atoms. The number of benzene rings is 1. The van der Waals surface area contributed by atoms with E-state index in [4.69, 9.17) is 9.15 Å². The zero-order chi connectivity index (χ0) is 19.9. The predicted molar refractivity (Wildman–Crippen MR) is 98.9 cm³/mol. The third-order valence-electron chi connectivity index (χ3n) is 3.71. The van der Waals surface area contributed by atoms with Crippen molar-refractivity contribution >= 4 is 5.96 Å². The van der Waals surface area contributed by atoms with Gasteiger partial charge in [-0.25, -0.2) is 13.8 Å². The number of aryl methyl sites for hydroxylation is 1. The van der Waals surface area contributed by atoms with E-state index < -0.39 is 17.2 Å². The van der Waals surface area contributed by atoms with Crippen molar-refractivity contribution in [2.45, 2.75) is 26.4 Å². The number of aliphatic hydroxyl groups is 1. The molecule has 148 valence electrons. The molecule has 0 saturated carbocycles. The van der Waals surface area contributed by atoms with E-state index in [0.717, 1.165) is 12.1 Å². The Labute approximate surface area is 157 Å². The Hall–Kier alpha value is -2.61. The number of hydrogen-bond donors (Lipinski definition) is 3. The van der Waals surface area contributed by atoms with Crippen molar-refractivity contribution in [1.82, 2.24) is 10.6 Å². The third-order valence-corrected chi connectivity index (χ3v) is 3.71. The standard InChI is InChI=1S/C19H25F2N3O3/c1-4-22-18(24-12-19(3,25)17-8-5-13(2)27-17)23-9-10-26-14-6-7-15(20)16(21)11-14/h5-8,11,25H,4,9-10,12H2,1-3H3,(H2,22,23,24). The average molecular weight is 381 g/mol. The maximum Gasteiger partial charge on any atom is 0.191 e. The number of ether oxygens (including phenoxy) is 1. The number of rotatable bonds is 8. The van der Waals surface area contributed by atoms with E-state index in [1.165, 1.54) is 6.07 Å². The summed E-state index contributed by atoms with van der Waals surface area (Å²) in [5.74, 6) is 0.0326. The van der Waals surface area contributed by atoms with Crippen LogP contribution in [0.25, 0.3) is 0 Å². The van der Waals surface area contributed by atoms with Crippen LogP contribution in [0.2, 0.25) is 0 Å². The molecule has 0 fully saturated rings. The lowest BCUT2D eigenvalue weighted by atomic mass is 10.0. The van der Waals surface area contributed by atoms with Crippen LogP contribution in [-0.4, -0.2) is 37.3 Å². The molecule has 1 aromatic heterocycles. The minimum Gasteiger partial charge on any atom is -0.492 e. The molecule has 0 amide bonds. The molecule has 0 radical (unpaired) electrons. The molecule has 0 aliphatic heterocycles. The van der Waals surface area contributed by atoms with Gasteiger partial charge in [0.1, 0.15) is 29.5 Å². The van der Waals surface area contributed by atoms with E-state index in [9.17, 15) is 13.9 Å². The highest BCUT2D eigenvalue weighted by Gasteiger charge is 2.26. The maximum atomic E-state index is 13.1. The fourth-order valence-corrected chi connectivity index (χ4v) is 2.28. The molecular formula is C19H25F2N3O3. The summed E-state index contributed by atoms with van der Waals surface area (Å²) in [5, 5.41) is 16.6. The van der Waals surface area contributed by atoms with Gasteiger partial charge in [-0.3, -0.25) is 0 Å². The van der Waals surface area contributed by atoms with E-state index >= 15 is 0 Å². The lowest BCUT2D eigenvalue weighted by Gasteiger charge is -2.19. The summed E-state index contributed by atoms with van der Waals surface area (Å²) in [6, 6.07) is 6.88. The molecule has 27 heavy (non-hydrogen) atoms. The smallest absolute Gasteiger partial charge is 0.191 e. The van der Waals surface area contributed by atoms with Gasteiger partial charge in [-0.2, -0.15) is 0 Å². The summed E-state index contributed by atoms with van der Waals surface area (Å²) < 4.78 is 36.9. The van der Waals surface area contributed by atoms with Gasteiger partial charge in [0.2, 0.25) is 0 Å². The largest absolute Gasteiger partial charge is 0.492 e. The molecular weight excluding hydrogens is 356 g/mol. The molecule has 1 atom stereocenters. The van der Waals surface area contributed by atoms with Crippen molar-refractivity contribution in [2.75, 3.05) is 26.2 Å². The molecule has 0 saturated heterocycles. The van der Waals surface area contributed by atoms with Gasteiger partial charge in [0.05, 0.1) is 13.1 Å². The minimum absolute atomic E-state index is 0.0965. The van der Waals surface area contributed by atoms with Crippen LogP contribution in [-0.2, 0) is 5.60 Å². The minimum atomic E-state index is -1.24. The van der Waals surface area contributed by atoms with Gasteiger partial charge in [-0.1, -0.05) is 0 Å². The highest BCUT2D eigenvalue weighted by Crippen LogP contribution is 2.23. The zero-order valence-electron chi connectivity index (χ0n) is 15.7. The normalized spacial score (nSPS) is 13.9. The van der Waals surface area contributed by atoms with Crippen LogP contribution in [0.15, 0.2) is 39.7 Å². The molecule has 1 unspecified atom stereocenters. The van der Waals surface area contributed by atoms with Crippen LogP contribution in [0.1, 0.15) is 25.4 Å². The quantitative estimate of drug-likeness (QED) is 0.372. The summed E-state index contributed by atoms with van der Waals surface area (Å²) in [6.07, 6.45) is 0. The van der Waals surface area contributed by atoms with Gasteiger partial charge in [-0.05, 0) is 45.0 Å². The van der Waals surface area contributed by atoms with Gasteiger partial charge in [0.15, 0.2) is 17.6 Å². The Morgan fingerprint density at radius 2 is 2.00 bits per heavy atom. The van der Waals surface area contributed by atoms with Crippen molar-refractivity contribution in [2.24, 2.45) is 4.99 Å². The molecule has 1 heterocycles. The second-order valence-corrected chi connectivity index (χ2v) is 6.23. The fraction of sp³-hybridized carbons (Fsp3) is 0.421. The molecule has 6 nitrogen and oxygen atoms in total. The highest BCUT2D eigenvalue weighted by molar-refractivity contribution is 5.79. The van der Waals surface area contributed by atoms with Crippen LogP contribution < -0.4 is 15.4 Å². The number of aliphatic imine (C=N–C) groups is 1. The van der Waals surface area contributed by atoms with E-state index in [-0.39, 0.29) is 18.9 Å².